The lowest BCUT2D eigenvalue weighted by Crippen LogP contribution is -2.11. The molecule has 90 valence electrons. The summed E-state index contributed by atoms with van der Waals surface area (Å²) >= 11 is 0. The first-order valence-electron chi connectivity index (χ1n) is 5.87. The van der Waals surface area contributed by atoms with Gasteiger partial charge in [0.1, 0.15) is 5.75 Å². The summed E-state index contributed by atoms with van der Waals surface area (Å²) in [7, 11) is 0. The largest absolute Gasteiger partial charge is 0.493 e. The van der Waals surface area contributed by atoms with E-state index in [0.29, 0.717) is 6.61 Å². The average Bonchev–Trinajstić information content (AvgIpc) is 2.34. The summed E-state index contributed by atoms with van der Waals surface area (Å²) in [4.78, 5) is 0. The fraction of sp³-hybridized carbons (Fsp3) is 0.538. The minimum atomic E-state index is 0.0361. The molecule has 3 heteroatoms. The van der Waals surface area contributed by atoms with Crippen LogP contribution in [-0.4, -0.2) is 18.3 Å². The summed E-state index contributed by atoms with van der Waals surface area (Å²) in [5.74, 6) is 0.870. The number of ether oxygens (including phenoxy) is 1. The highest BCUT2D eigenvalue weighted by molar-refractivity contribution is 5.35. The molecule has 3 N–H and O–H groups in total. The zero-order chi connectivity index (χ0) is 11.8. The summed E-state index contributed by atoms with van der Waals surface area (Å²) in [6.07, 6.45) is 2.55. The summed E-state index contributed by atoms with van der Waals surface area (Å²) in [5.41, 5.74) is 7.07. The van der Waals surface area contributed by atoms with Crippen LogP contribution in [0.3, 0.4) is 0 Å². The molecule has 0 heterocycles. The van der Waals surface area contributed by atoms with Crippen molar-refractivity contribution in [3.63, 3.8) is 0 Å². The number of hydrogen-bond acceptors (Lipinski definition) is 3. The Balaban J connectivity index is 2.57. The van der Waals surface area contributed by atoms with Gasteiger partial charge in [-0.15, -0.1) is 0 Å². The van der Waals surface area contributed by atoms with Crippen LogP contribution in [0, 0.1) is 0 Å². The van der Waals surface area contributed by atoms with Crippen molar-refractivity contribution in [3.05, 3.63) is 29.8 Å². The first-order valence-corrected chi connectivity index (χ1v) is 5.87. The van der Waals surface area contributed by atoms with Gasteiger partial charge in [0.05, 0.1) is 6.61 Å². The third kappa shape index (κ3) is 3.83. The molecule has 0 aliphatic rings. The highest BCUT2D eigenvalue weighted by atomic mass is 16.5. The number of para-hydroxylation sites is 1. The second-order valence-corrected chi connectivity index (χ2v) is 3.83. The predicted octanol–water partition coefficient (Wildman–Crippen LogP) is 2.25. The SMILES string of the molecule is CC[C@@H](N)c1ccccc1OCCCCO. The zero-order valence-electron chi connectivity index (χ0n) is 9.86. The Morgan fingerprint density at radius 2 is 2.06 bits per heavy atom. The fourth-order valence-electron chi connectivity index (χ4n) is 1.53. The predicted molar refractivity (Wildman–Crippen MR) is 65.5 cm³/mol. The zero-order valence-corrected chi connectivity index (χ0v) is 9.86. The van der Waals surface area contributed by atoms with Crippen LogP contribution in [0.25, 0.3) is 0 Å². The number of rotatable bonds is 7. The van der Waals surface area contributed by atoms with E-state index in [9.17, 15) is 0 Å². The molecule has 0 unspecified atom stereocenters. The van der Waals surface area contributed by atoms with Gasteiger partial charge in [-0.2, -0.15) is 0 Å². The quantitative estimate of drug-likeness (QED) is 0.697. The third-order valence-electron chi connectivity index (χ3n) is 2.57. The molecule has 0 spiro atoms. The van der Waals surface area contributed by atoms with Gasteiger partial charge in [-0.1, -0.05) is 25.1 Å². The Labute approximate surface area is 97.2 Å². The van der Waals surface area contributed by atoms with E-state index >= 15 is 0 Å². The van der Waals surface area contributed by atoms with Crippen LogP contribution in [0.1, 0.15) is 37.8 Å². The Morgan fingerprint density at radius 3 is 2.75 bits per heavy atom. The first-order chi connectivity index (χ1) is 7.79. The summed E-state index contributed by atoms with van der Waals surface area (Å²) in [6.45, 7) is 2.92. The lowest BCUT2D eigenvalue weighted by molar-refractivity contribution is 0.251. The lowest BCUT2D eigenvalue weighted by Gasteiger charge is -2.15. The molecular formula is C13H21NO2. The Kier molecular flexibility index (Phi) is 5.90. The van der Waals surface area contributed by atoms with Crippen LogP contribution in [0.2, 0.25) is 0 Å². The van der Waals surface area contributed by atoms with Crippen molar-refractivity contribution in [1.29, 1.82) is 0 Å². The van der Waals surface area contributed by atoms with Gasteiger partial charge in [-0.25, -0.2) is 0 Å². The van der Waals surface area contributed by atoms with E-state index in [1.165, 1.54) is 0 Å². The number of aliphatic hydroxyl groups is 1. The van der Waals surface area contributed by atoms with Crippen molar-refractivity contribution in [2.45, 2.75) is 32.2 Å². The van der Waals surface area contributed by atoms with E-state index in [2.05, 4.69) is 6.92 Å². The maximum absolute atomic E-state index is 8.67. The summed E-state index contributed by atoms with van der Waals surface area (Å²) in [6, 6.07) is 7.92. The Hall–Kier alpha value is -1.06. The Bertz CT molecular complexity index is 302. The topological polar surface area (TPSA) is 55.5 Å². The summed E-state index contributed by atoms with van der Waals surface area (Å²) in [5, 5.41) is 8.67. The van der Waals surface area contributed by atoms with Gasteiger partial charge < -0.3 is 15.6 Å². The molecule has 0 bridgehead atoms. The van der Waals surface area contributed by atoms with Gasteiger partial charge in [0.15, 0.2) is 0 Å². The molecule has 0 aliphatic carbocycles. The van der Waals surface area contributed by atoms with Crippen LogP contribution in [0.15, 0.2) is 24.3 Å². The van der Waals surface area contributed by atoms with Crippen molar-refractivity contribution in [2.24, 2.45) is 5.73 Å². The molecule has 1 aromatic carbocycles. The van der Waals surface area contributed by atoms with Crippen LogP contribution >= 0.6 is 0 Å². The highest BCUT2D eigenvalue weighted by Crippen LogP contribution is 2.25. The molecule has 1 rings (SSSR count). The smallest absolute Gasteiger partial charge is 0.124 e. The molecule has 0 amide bonds. The van der Waals surface area contributed by atoms with E-state index in [4.69, 9.17) is 15.6 Å². The van der Waals surface area contributed by atoms with Crippen LogP contribution < -0.4 is 10.5 Å². The van der Waals surface area contributed by atoms with Gasteiger partial charge >= 0.3 is 0 Å². The molecule has 3 nitrogen and oxygen atoms in total. The van der Waals surface area contributed by atoms with Crippen LogP contribution in [0.5, 0.6) is 5.75 Å². The molecule has 0 radical (unpaired) electrons. The van der Waals surface area contributed by atoms with Gasteiger partial charge in [-0.05, 0) is 25.3 Å². The second-order valence-electron chi connectivity index (χ2n) is 3.83. The van der Waals surface area contributed by atoms with Crippen molar-refractivity contribution in [1.82, 2.24) is 0 Å². The molecule has 16 heavy (non-hydrogen) atoms. The minimum absolute atomic E-state index is 0.0361. The average molecular weight is 223 g/mol. The van der Waals surface area contributed by atoms with Gasteiger partial charge in [-0.3, -0.25) is 0 Å². The molecule has 1 aromatic rings. The van der Waals surface area contributed by atoms with Crippen molar-refractivity contribution < 1.29 is 9.84 Å². The van der Waals surface area contributed by atoms with Crippen LogP contribution in [0.4, 0.5) is 0 Å². The number of aliphatic hydroxyl groups excluding tert-OH is 1. The molecule has 0 aliphatic heterocycles. The third-order valence-corrected chi connectivity index (χ3v) is 2.57. The maximum atomic E-state index is 8.67. The molecule has 0 aromatic heterocycles. The van der Waals surface area contributed by atoms with E-state index < -0.39 is 0 Å². The van der Waals surface area contributed by atoms with Gasteiger partial charge in [0.25, 0.3) is 0 Å². The highest BCUT2D eigenvalue weighted by Gasteiger charge is 2.09. The number of benzene rings is 1. The lowest BCUT2D eigenvalue weighted by atomic mass is 10.0. The number of hydrogen-bond donors (Lipinski definition) is 2. The second kappa shape index (κ2) is 7.25. The molecule has 0 saturated carbocycles. The van der Waals surface area contributed by atoms with Crippen molar-refractivity contribution >= 4 is 0 Å². The van der Waals surface area contributed by atoms with Crippen molar-refractivity contribution in [3.8, 4) is 5.75 Å². The van der Waals surface area contributed by atoms with E-state index in [-0.39, 0.29) is 12.6 Å². The Morgan fingerprint density at radius 1 is 1.31 bits per heavy atom. The van der Waals surface area contributed by atoms with E-state index in [1.54, 1.807) is 0 Å². The molecule has 0 fully saturated rings. The molecule has 0 saturated heterocycles. The minimum Gasteiger partial charge on any atom is -0.493 e. The maximum Gasteiger partial charge on any atom is 0.124 e. The normalized spacial score (nSPS) is 12.4. The number of unbranched alkanes of at least 4 members (excludes halogenated alkanes) is 1. The van der Waals surface area contributed by atoms with E-state index in [1.807, 2.05) is 24.3 Å². The van der Waals surface area contributed by atoms with E-state index in [0.717, 1.165) is 30.6 Å². The fourth-order valence-corrected chi connectivity index (χ4v) is 1.53. The molecular weight excluding hydrogens is 202 g/mol. The number of nitrogens with two attached hydrogens (primary N) is 1. The van der Waals surface area contributed by atoms with Crippen molar-refractivity contribution in [2.75, 3.05) is 13.2 Å². The van der Waals surface area contributed by atoms with Crippen LogP contribution in [-0.2, 0) is 0 Å². The standard InChI is InChI=1S/C13H21NO2/c1-2-12(14)11-7-3-4-8-13(11)16-10-6-5-9-15/h3-4,7-8,12,15H,2,5-6,9-10,14H2,1H3/t12-/m1/s1. The van der Waals surface area contributed by atoms with Gasteiger partial charge in [0.2, 0.25) is 0 Å². The summed E-state index contributed by atoms with van der Waals surface area (Å²) < 4.78 is 5.67. The van der Waals surface area contributed by atoms with Gasteiger partial charge in [0, 0.05) is 18.2 Å². The monoisotopic (exact) mass is 223 g/mol. The molecule has 1 atom stereocenters. The first kappa shape index (κ1) is 13.0.